The van der Waals surface area contributed by atoms with Crippen molar-refractivity contribution in [3.05, 3.63) is 12.7 Å². The van der Waals surface area contributed by atoms with Crippen LogP contribution in [-0.4, -0.2) is 23.9 Å². The number of carbonyl (C=O) groups excluding carboxylic acids is 1. The Hall–Kier alpha value is -0.790. The molecule has 0 bridgehead atoms. The molecule has 2 atom stereocenters. The van der Waals surface area contributed by atoms with E-state index in [-0.39, 0.29) is 5.91 Å². The number of amides is 1. The maximum absolute atomic E-state index is 11.4. The van der Waals surface area contributed by atoms with Crippen molar-refractivity contribution in [3.63, 3.8) is 0 Å². The second kappa shape index (κ2) is 4.63. The molecule has 0 aromatic heterocycles. The van der Waals surface area contributed by atoms with Crippen molar-refractivity contribution < 1.29 is 4.79 Å². The second-order valence-electron chi connectivity index (χ2n) is 4.62. The van der Waals surface area contributed by atoms with E-state index in [4.69, 9.17) is 0 Å². The topological polar surface area (TPSA) is 20.3 Å². The van der Waals surface area contributed by atoms with Gasteiger partial charge in [-0.05, 0) is 37.2 Å². The average Bonchev–Trinajstić information content (AvgIpc) is 2.64. The van der Waals surface area contributed by atoms with Crippen LogP contribution < -0.4 is 0 Å². The highest BCUT2D eigenvalue weighted by molar-refractivity contribution is 5.87. The van der Waals surface area contributed by atoms with Crippen molar-refractivity contribution in [3.8, 4) is 0 Å². The Morgan fingerprint density at radius 2 is 2.14 bits per heavy atom. The molecular weight excluding hydrogens is 174 g/mol. The first-order valence-corrected chi connectivity index (χ1v) is 5.45. The third-order valence-corrected chi connectivity index (χ3v) is 3.46. The van der Waals surface area contributed by atoms with Gasteiger partial charge in [-0.1, -0.05) is 20.4 Å². The summed E-state index contributed by atoms with van der Waals surface area (Å²) < 4.78 is 0. The zero-order valence-corrected chi connectivity index (χ0v) is 9.49. The Balaban J connectivity index is 2.49. The van der Waals surface area contributed by atoms with Crippen LogP contribution in [0.15, 0.2) is 12.7 Å². The Kier molecular flexibility index (Phi) is 3.73. The van der Waals surface area contributed by atoms with Gasteiger partial charge in [-0.2, -0.15) is 0 Å². The molecule has 1 aliphatic carbocycles. The fraction of sp³-hybridized carbons (Fsp3) is 0.750. The number of rotatable bonds is 3. The summed E-state index contributed by atoms with van der Waals surface area (Å²) in [4.78, 5) is 13.2. The summed E-state index contributed by atoms with van der Waals surface area (Å²) >= 11 is 0. The molecule has 0 radical (unpaired) electrons. The van der Waals surface area contributed by atoms with Gasteiger partial charge in [0.15, 0.2) is 0 Å². The molecule has 1 fully saturated rings. The van der Waals surface area contributed by atoms with Crippen molar-refractivity contribution in [1.82, 2.24) is 4.90 Å². The molecule has 0 heterocycles. The molecule has 2 nitrogen and oxygen atoms in total. The number of nitrogens with zero attached hydrogens (tertiary/aromatic N) is 1. The third-order valence-electron chi connectivity index (χ3n) is 3.46. The summed E-state index contributed by atoms with van der Waals surface area (Å²) in [6.07, 6.45) is 4.98. The summed E-state index contributed by atoms with van der Waals surface area (Å²) in [5.41, 5.74) is 0. The van der Waals surface area contributed by atoms with Gasteiger partial charge in [-0.15, -0.1) is 0 Å². The Bertz CT molecular complexity index is 222. The van der Waals surface area contributed by atoms with Crippen LogP contribution in [0.3, 0.4) is 0 Å². The predicted octanol–water partition coefficient (Wildman–Crippen LogP) is 2.46. The fourth-order valence-electron chi connectivity index (χ4n) is 2.27. The molecule has 0 aliphatic heterocycles. The third kappa shape index (κ3) is 2.37. The van der Waals surface area contributed by atoms with Crippen molar-refractivity contribution in [2.75, 3.05) is 7.05 Å². The smallest absolute Gasteiger partial charge is 0.245 e. The maximum atomic E-state index is 11.4. The van der Waals surface area contributed by atoms with Crippen molar-refractivity contribution >= 4 is 5.91 Å². The lowest BCUT2D eigenvalue weighted by molar-refractivity contribution is -0.126. The first-order valence-electron chi connectivity index (χ1n) is 5.45. The molecule has 0 saturated heterocycles. The first kappa shape index (κ1) is 11.3. The predicted molar refractivity (Wildman–Crippen MR) is 58.9 cm³/mol. The molecule has 80 valence electrons. The van der Waals surface area contributed by atoms with Crippen LogP contribution in [0.1, 0.15) is 33.1 Å². The lowest BCUT2D eigenvalue weighted by Crippen LogP contribution is -2.34. The zero-order chi connectivity index (χ0) is 10.7. The van der Waals surface area contributed by atoms with E-state index in [2.05, 4.69) is 20.4 Å². The van der Waals surface area contributed by atoms with Crippen LogP contribution in [0.2, 0.25) is 0 Å². The van der Waals surface area contributed by atoms with Gasteiger partial charge in [0, 0.05) is 13.1 Å². The monoisotopic (exact) mass is 195 g/mol. The summed E-state index contributed by atoms with van der Waals surface area (Å²) in [5, 5.41) is 0. The Morgan fingerprint density at radius 1 is 1.50 bits per heavy atom. The molecule has 0 spiro atoms. The van der Waals surface area contributed by atoms with Gasteiger partial charge in [-0.3, -0.25) is 4.79 Å². The van der Waals surface area contributed by atoms with Gasteiger partial charge in [-0.25, -0.2) is 0 Å². The van der Waals surface area contributed by atoms with E-state index < -0.39 is 0 Å². The molecule has 0 aromatic rings. The number of hydrogen-bond acceptors (Lipinski definition) is 1. The molecule has 2 heteroatoms. The minimum Gasteiger partial charge on any atom is -0.339 e. The standard InChI is InChI=1S/C12H21NO/c1-5-12(14)13(4)11-7-6-10(8-11)9(2)3/h5,9-11H,1,6-8H2,2-4H3. The van der Waals surface area contributed by atoms with E-state index in [1.165, 1.54) is 12.5 Å². The molecular formula is C12H21NO. The lowest BCUT2D eigenvalue weighted by atomic mass is 9.94. The van der Waals surface area contributed by atoms with E-state index in [9.17, 15) is 4.79 Å². The Labute approximate surface area is 87.0 Å². The van der Waals surface area contributed by atoms with Gasteiger partial charge >= 0.3 is 0 Å². The van der Waals surface area contributed by atoms with Gasteiger partial charge < -0.3 is 4.90 Å². The van der Waals surface area contributed by atoms with Crippen LogP contribution in [-0.2, 0) is 4.79 Å². The molecule has 1 saturated carbocycles. The second-order valence-corrected chi connectivity index (χ2v) is 4.62. The van der Waals surface area contributed by atoms with Crippen molar-refractivity contribution in [1.29, 1.82) is 0 Å². The van der Waals surface area contributed by atoms with E-state index >= 15 is 0 Å². The molecule has 1 amide bonds. The van der Waals surface area contributed by atoms with Gasteiger partial charge in [0.2, 0.25) is 5.91 Å². The highest BCUT2D eigenvalue weighted by atomic mass is 16.2. The van der Waals surface area contributed by atoms with Crippen LogP contribution >= 0.6 is 0 Å². The SMILES string of the molecule is C=CC(=O)N(C)C1CCC(C(C)C)C1. The largest absolute Gasteiger partial charge is 0.339 e. The van der Waals surface area contributed by atoms with E-state index in [1.807, 2.05) is 11.9 Å². The first-order chi connectivity index (χ1) is 6.56. The summed E-state index contributed by atoms with van der Waals surface area (Å²) in [5.74, 6) is 1.59. The quantitative estimate of drug-likeness (QED) is 0.633. The van der Waals surface area contributed by atoms with Gasteiger partial charge in [0.1, 0.15) is 0 Å². The van der Waals surface area contributed by atoms with Gasteiger partial charge in [0.25, 0.3) is 0 Å². The molecule has 0 aromatic carbocycles. The highest BCUT2D eigenvalue weighted by Gasteiger charge is 2.30. The van der Waals surface area contributed by atoms with Crippen molar-refractivity contribution in [2.45, 2.75) is 39.2 Å². The van der Waals surface area contributed by atoms with Crippen molar-refractivity contribution in [2.24, 2.45) is 11.8 Å². The minimum atomic E-state index is 0.0550. The Morgan fingerprint density at radius 3 is 2.57 bits per heavy atom. The lowest BCUT2D eigenvalue weighted by Gasteiger charge is -2.23. The number of carbonyl (C=O) groups is 1. The number of hydrogen-bond donors (Lipinski definition) is 0. The molecule has 2 unspecified atom stereocenters. The maximum Gasteiger partial charge on any atom is 0.245 e. The van der Waals surface area contributed by atoms with Gasteiger partial charge in [0.05, 0.1) is 0 Å². The summed E-state index contributed by atoms with van der Waals surface area (Å²) in [6.45, 7) is 8.05. The number of likely N-dealkylation sites (N-methyl/N-ethyl adjacent to an activating group) is 1. The highest BCUT2D eigenvalue weighted by Crippen LogP contribution is 2.33. The average molecular weight is 195 g/mol. The molecule has 1 aliphatic rings. The fourth-order valence-corrected chi connectivity index (χ4v) is 2.27. The molecule has 1 rings (SSSR count). The van der Waals surface area contributed by atoms with Crippen LogP contribution in [0, 0.1) is 11.8 Å². The summed E-state index contributed by atoms with van der Waals surface area (Å²) in [7, 11) is 1.89. The molecule has 0 N–H and O–H groups in total. The summed E-state index contributed by atoms with van der Waals surface area (Å²) in [6, 6.07) is 0.438. The van der Waals surface area contributed by atoms with Crippen LogP contribution in [0.5, 0.6) is 0 Å². The normalized spacial score (nSPS) is 26.6. The van der Waals surface area contributed by atoms with E-state index in [0.717, 1.165) is 24.7 Å². The zero-order valence-electron chi connectivity index (χ0n) is 9.49. The van der Waals surface area contributed by atoms with Crippen LogP contribution in [0.25, 0.3) is 0 Å². The molecule has 14 heavy (non-hydrogen) atoms. The van der Waals surface area contributed by atoms with E-state index in [0.29, 0.717) is 6.04 Å². The van der Waals surface area contributed by atoms with Crippen LogP contribution in [0.4, 0.5) is 0 Å². The van der Waals surface area contributed by atoms with E-state index in [1.54, 1.807) is 0 Å². The minimum absolute atomic E-state index is 0.0550.